The summed E-state index contributed by atoms with van der Waals surface area (Å²) in [5.41, 5.74) is 2.50. The van der Waals surface area contributed by atoms with Crippen LogP contribution >= 0.6 is 0 Å². The molecule has 3 heterocycles. The topological polar surface area (TPSA) is 36.0 Å². The zero-order chi connectivity index (χ0) is 22.0. The zero-order valence-electron chi connectivity index (χ0n) is 19.7. The van der Waals surface area contributed by atoms with Crippen molar-refractivity contribution in [3.05, 3.63) is 42.0 Å². The number of nitrogens with zero attached hydrogens (tertiary/aromatic N) is 3. The standard InChI is InChI=1S/C27H39N3O2/c1-2-28-13-11-24-20-25(29-16-18-32-19-17-29)8-12-27(24,21-28)26(31)30-14-9-23(10-15-30)22-6-4-3-5-7-22/h3-7,9,24-25H,2,8,10-21H2,1H3/t24-,25+,27-/m1/s1. The van der Waals surface area contributed by atoms with Crippen LogP contribution in [0, 0.1) is 11.3 Å². The molecule has 5 rings (SSSR count). The van der Waals surface area contributed by atoms with Gasteiger partial charge in [0.05, 0.1) is 18.6 Å². The van der Waals surface area contributed by atoms with Crippen LogP contribution in [0.15, 0.2) is 36.4 Å². The number of fused-ring (bicyclic) bond motifs is 1. The summed E-state index contributed by atoms with van der Waals surface area (Å²) >= 11 is 0. The molecule has 3 aliphatic heterocycles. The van der Waals surface area contributed by atoms with Gasteiger partial charge < -0.3 is 14.5 Å². The highest BCUT2D eigenvalue weighted by Gasteiger charge is 2.53. The van der Waals surface area contributed by atoms with Crippen LogP contribution in [0.25, 0.3) is 5.57 Å². The highest BCUT2D eigenvalue weighted by molar-refractivity contribution is 5.85. The summed E-state index contributed by atoms with van der Waals surface area (Å²) in [5.74, 6) is 0.948. The molecule has 1 aliphatic carbocycles. The van der Waals surface area contributed by atoms with Gasteiger partial charge in [0, 0.05) is 38.8 Å². The second-order valence-corrected chi connectivity index (χ2v) is 10.2. The maximum absolute atomic E-state index is 14.1. The predicted molar refractivity (Wildman–Crippen MR) is 128 cm³/mol. The number of rotatable bonds is 4. The lowest BCUT2D eigenvalue weighted by Crippen LogP contribution is -2.61. The van der Waals surface area contributed by atoms with E-state index < -0.39 is 0 Å². The molecule has 1 amide bonds. The smallest absolute Gasteiger partial charge is 0.230 e. The molecular formula is C27H39N3O2. The van der Waals surface area contributed by atoms with E-state index in [1.54, 1.807) is 0 Å². The Kier molecular flexibility index (Phi) is 6.68. The Hall–Kier alpha value is -1.69. The van der Waals surface area contributed by atoms with Gasteiger partial charge in [-0.15, -0.1) is 0 Å². The van der Waals surface area contributed by atoms with Crippen LogP contribution in [0.5, 0.6) is 0 Å². The van der Waals surface area contributed by atoms with Crippen LogP contribution < -0.4 is 0 Å². The molecule has 5 nitrogen and oxygen atoms in total. The Morgan fingerprint density at radius 2 is 1.91 bits per heavy atom. The van der Waals surface area contributed by atoms with E-state index in [1.165, 1.54) is 24.0 Å². The minimum absolute atomic E-state index is 0.185. The van der Waals surface area contributed by atoms with E-state index in [-0.39, 0.29) is 5.41 Å². The Morgan fingerprint density at radius 3 is 2.62 bits per heavy atom. The highest BCUT2D eigenvalue weighted by atomic mass is 16.5. The van der Waals surface area contributed by atoms with Gasteiger partial charge in [0.25, 0.3) is 0 Å². The summed E-state index contributed by atoms with van der Waals surface area (Å²) in [6.45, 7) is 10.8. The fraction of sp³-hybridized carbons (Fsp3) is 0.667. The molecule has 3 fully saturated rings. The van der Waals surface area contributed by atoms with Gasteiger partial charge >= 0.3 is 0 Å². The monoisotopic (exact) mass is 437 g/mol. The third-order valence-electron chi connectivity index (χ3n) is 8.64. The molecule has 4 aliphatic rings. The number of likely N-dealkylation sites (tertiary alicyclic amines) is 1. The van der Waals surface area contributed by atoms with Crippen molar-refractivity contribution in [3.8, 4) is 0 Å². The summed E-state index contributed by atoms with van der Waals surface area (Å²) in [5, 5.41) is 0. The van der Waals surface area contributed by atoms with E-state index in [0.717, 1.165) is 78.3 Å². The Bertz CT molecular complexity index is 819. The second-order valence-electron chi connectivity index (χ2n) is 10.2. The van der Waals surface area contributed by atoms with Crippen LogP contribution in [0.4, 0.5) is 0 Å². The summed E-state index contributed by atoms with van der Waals surface area (Å²) in [7, 11) is 0. The lowest BCUT2D eigenvalue weighted by atomic mass is 9.60. The molecule has 0 bridgehead atoms. The van der Waals surface area contributed by atoms with Gasteiger partial charge in [0.1, 0.15) is 0 Å². The molecule has 0 spiro atoms. The zero-order valence-corrected chi connectivity index (χ0v) is 19.7. The number of morpholine rings is 1. The van der Waals surface area contributed by atoms with Crippen molar-refractivity contribution in [2.24, 2.45) is 11.3 Å². The Labute approximate surface area is 193 Å². The quantitative estimate of drug-likeness (QED) is 0.722. The number of ether oxygens (including phenoxy) is 1. The minimum Gasteiger partial charge on any atom is -0.379 e. The van der Waals surface area contributed by atoms with Gasteiger partial charge in [-0.1, -0.05) is 43.3 Å². The van der Waals surface area contributed by atoms with Crippen molar-refractivity contribution < 1.29 is 9.53 Å². The average Bonchev–Trinajstić information content (AvgIpc) is 2.88. The molecule has 0 N–H and O–H groups in total. The number of carbonyl (C=O) groups excluding carboxylic acids is 1. The van der Waals surface area contributed by atoms with Crippen LogP contribution in [0.2, 0.25) is 0 Å². The third kappa shape index (κ3) is 4.27. The van der Waals surface area contributed by atoms with Crippen molar-refractivity contribution in [1.82, 2.24) is 14.7 Å². The maximum Gasteiger partial charge on any atom is 0.230 e. The fourth-order valence-electron chi connectivity index (χ4n) is 6.70. The number of hydrogen-bond donors (Lipinski definition) is 0. The van der Waals surface area contributed by atoms with Gasteiger partial charge in [0.15, 0.2) is 0 Å². The first kappa shape index (κ1) is 22.1. The predicted octanol–water partition coefficient (Wildman–Crippen LogP) is 3.52. The van der Waals surface area contributed by atoms with Crippen LogP contribution in [-0.4, -0.2) is 85.7 Å². The van der Waals surface area contributed by atoms with E-state index in [0.29, 0.717) is 17.9 Å². The number of hydrogen-bond acceptors (Lipinski definition) is 4. The molecule has 2 saturated heterocycles. The van der Waals surface area contributed by atoms with E-state index in [4.69, 9.17) is 4.74 Å². The van der Waals surface area contributed by atoms with Crippen LogP contribution in [0.3, 0.4) is 0 Å². The number of amides is 1. The highest BCUT2D eigenvalue weighted by Crippen LogP contribution is 2.49. The molecule has 1 aromatic rings. The molecule has 0 radical (unpaired) electrons. The first-order valence-corrected chi connectivity index (χ1v) is 12.8. The van der Waals surface area contributed by atoms with E-state index in [9.17, 15) is 4.79 Å². The van der Waals surface area contributed by atoms with Crippen molar-refractivity contribution in [3.63, 3.8) is 0 Å². The summed E-state index contributed by atoms with van der Waals surface area (Å²) in [6, 6.07) is 11.3. The van der Waals surface area contributed by atoms with Gasteiger partial charge in [-0.05, 0) is 62.2 Å². The molecular weight excluding hydrogens is 398 g/mol. The number of carbonyl (C=O) groups is 1. The molecule has 0 aromatic heterocycles. The summed E-state index contributed by atoms with van der Waals surface area (Å²) < 4.78 is 5.59. The van der Waals surface area contributed by atoms with Crippen molar-refractivity contribution in [2.45, 2.75) is 45.1 Å². The second kappa shape index (κ2) is 9.66. The first-order valence-electron chi connectivity index (χ1n) is 12.8. The Balaban J connectivity index is 1.32. The van der Waals surface area contributed by atoms with Gasteiger partial charge in [-0.3, -0.25) is 9.69 Å². The van der Waals surface area contributed by atoms with Crippen LogP contribution in [0.1, 0.15) is 44.6 Å². The number of piperidine rings is 1. The molecule has 1 saturated carbocycles. The summed E-state index contributed by atoms with van der Waals surface area (Å²) in [4.78, 5) is 21.5. The van der Waals surface area contributed by atoms with Crippen molar-refractivity contribution in [1.29, 1.82) is 0 Å². The molecule has 32 heavy (non-hydrogen) atoms. The van der Waals surface area contributed by atoms with E-state index in [1.807, 2.05) is 0 Å². The average molecular weight is 438 g/mol. The van der Waals surface area contributed by atoms with E-state index >= 15 is 0 Å². The third-order valence-corrected chi connectivity index (χ3v) is 8.64. The molecule has 0 unspecified atom stereocenters. The molecule has 174 valence electrons. The van der Waals surface area contributed by atoms with Crippen molar-refractivity contribution in [2.75, 3.05) is 59.0 Å². The first-order chi connectivity index (χ1) is 15.7. The SMILES string of the molecule is CCN1CC[C@@H]2C[C@@H](N3CCOCC3)CC[C@@]2(C(=O)N2CC=C(c3ccccc3)CC2)C1. The van der Waals surface area contributed by atoms with Gasteiger partial charge in [-0.25, -0.2) is 0 Å². The molecule has 5 heteroatoms. The summed E-state index contributed by atoms with van der Waals surface area (Å²) in [6.07, 6.45) is 7.80. The van der Waals surface area contributed by atoms with E-state index in [2.05, 4.69) is 58.0 Å². The fourth-order valence-corrected chi connectivity index (χ4v) is 6.70. The molecule has 1 aromatic carbocycles. The van der Waals surface area contributed by atoms with Crippen molar-refractivity contribution >= 4 is 11.5 Å². The van der Waals surface area contributed by atoms with Gasteiger partial charge in [0.2, 0.25) is 5.91 Å². The minimum atomic E-state index is -0.185. The maximum atomic E-state index is 14.1. The lowest BCUT2D eigenvalue weighted by molar-refractivity contribution is -0.156. The van der Waals surface area contributed by atoms with Gasteiger partial charge in [-0.2, -0.15) is 0 Å². The Morgan fingerprint density at radius 1 is 1.09 bits per heavy atom. The number of benzene rings is 1. The van der Waals surface area contributed by atoms with Crippen LogP contribution in [-0.2, 0) is 9.53 Å². The lowest BCUT2D eigenvalue weighted by Gasteiger charge is -2.54. The molecule has 3 atom stereocenters. The normalized spacial score (nSPS) is 32.3. The largest absolute Gasteiger partial charge is 0.379 e.